The molecule has 1 saturated heterocycles. The molecule has 1 amide bonds. The zero-order valence-electron chi connectivity index (χ0n) is 23.8. The Kier molecular flexibility index (Phi) is 12.3. The molecule has 6 N–H and O–H groups in total. The van der Waals surface area contributed by atoms with Crippen LogP contribution in [0.25, 0.3) is 0 Å². The van der Waals surface area contributed by atoms with Gasteiger partial charge in [-0.15, -0.1) is 0 Å². The molecule has 3 aliphatic carbocycles. The van der Waals surface area contributed by atoms with Gasteiger partial charge in [0.25, 0.3) is 0 Å². The van der Waals surface area contributed by atoms with Crippen molar-refractivity contribution in [2.24, 2.45) is 29.1 Å². The molecule has 6 nitrogen and oxygen atoms in total. The minimum Gasteiger partial charge on any atom is -0.412 e. The van der Waals surface area contributed by atoms with Gasteiger partial charge in [-0.1, -0.05) is 69.2 Å². The summed E-state index contributed by atoms with van der Waals surface area (Å²) in [4.78, 5) is 16.0. The summed E-state index contributed by atoms with van der Waals surface area (Å²) >= 11 is 6.21. The summed E-state index contributed by atoms with van der Waals surface area (Å²) < 4.78 is 0. The van der Waals surface area contributed by atoms with Crippen molar-refractivity contribution in [3.8, 4) is 0 Å². The van der Waals surface area contributed by atoms with Crippen molar-refractivity contribution < 1.29 is 20.9 Å². The van der Waals surface area contributed by atoms with Crippen molar-refractivity contribution in [1.82, 2.24) is 10.2 Å². The first-order valence-corrected chi connectivity index (χ1v) is 14.6. The normalized spacial score (nSPS) is 30.2. The van der Waals surface area contributed by atoms with Crippen LogP contribution in [0.3, 0.4) is 0 Å². The summed E-state index contributed by atoms with van der Waals surface area (Å²) in [5.41, 5.74) is 2.97. The Balaban J connectivity index is 0.00000253. The second-order valence-electron chi connectivity index (χ2n) is 12.6. The zero-order chi connectivity index (χ0) is 25.9. The highest BCUT2D eigenvalue weighted by Crippen LogP contribution is 2.43. The molecule has 1 aliphatic heterocycles. The number of hydrogen-bond donors (Lipinski definition) is 2. The quantitative estimate of drug-likeness (QED) is 0.477. The molecule has 0 spiro atoms. The number of nitrogens with zero attached hydrogens (tertiary/aromatic N) is 1. The molecule has 38 heavy (non-hydrogen) atoms. The van der Waals surface area contributed by atoms with Gasteiger partial charge in [0.2, 0.25) is 5.91 Å². The standard InChI is InChI=1S/C31H47ClN2O2.2H2O/c1-21(2)28(19-34-17-16-27(31(3,4)20-34)23-10-13-25(32)14-11-23)33-30(36)24-12-15-29(35)26(18-24)22-8-6-5-7-9-22;;/h6,8-10,13,21,24,26-29,35H,5,7,11-12,14-20H2,1-4H3,(H,33,36);2*1H2/t24?,26?,27-,28+,29?;;/m1../s1. The molecule has 4 rings (SSSR count). The van der Waals surface area contributed by atoms with Gasteiger partial charge in [0.15, 0.2) is 0 Å². The minimum absolute atomic E-state index is 0. The van der Waals surface area contributed by atoms with Gasteiger partial charge in [0.1, 0.15) is 0 Å². The molecule has 5 atom stereocenters. The number of piperidine rings is 1. The van der Waals surface area contributed by atoms with E-state index >= 15 is 0 Å². The van der Waals surface area contributed by atoms with Crippen molar-refractivity contribution in [2.75, 3.05) is 19.6 Å². The molecule has 3 unspecified atom stereocenters. The maximum atomic E-state index is 13.4. The van der Waals surface area contributed by atoms with Crippen LogP contribution in [0.4, 0.5) is 0 Å². The Bertz CT molecular complexity index is 923. The van der Waals surface area contributed by atoms with Crippen molar-refractivity contribution in [1.29, 1.82) is 0 Å². The molecular formula is C31H51ClN2O4. The van der Waals surface area contributed by atoms with E-state index in [4.69, 9.17) is 11.6 Å². The molecule has 0 radical (unpaired) electrons. The SMILES string of the molecule is CC(C)[C@H](CN1CC[C@H](C2=CC=C(Cl)CC2)C(C)(C)C1)NC(=O)C1CCC(O)C(C2=CCCC=C2)C1.O.O. The number of aliphatic hydroxyl groups excluding tert-OH is 1. The highest BCUT2D eigenvalue weighted by atomic mass is 35.5. The molecule has 2 fully saturated rings. The maximum absolute atomic E-state index is 13.4. The minimum atomic E-state index is -0.335. The predicted molar refractivity (Wildman–Crippen MR) is 157 cm³/mol. The average Bonchev–Trinajstić information content (AvgIpc) is 2.84. The number of halogens is 1. The topological polar surface area (TPSA) is 116 Å². The summed E-state index contributed by atoms with van der Waals surface area (Å²) in [6.07, 6.45) is 18.2. The van der Waals surface area contributed by atoms with Crippen molar-refractivity contribution in [2.45, 2.75) is 91.2 Å². The van der Waals surface area contributed by atoms with Gasteiger partial charge in [-0.3, -0.25) is 4.79 Å². The van der Waals surface area contributed by atoms with Crippen LogP contribution in [0.1, 0.15) is 79.1 Å². The van der Waals surface area contributed by atoms with E-state index in [2.05, 4.69) is 68.3 Å². The van der Waals surface area contributed by atoms with Crippen molar-refractivity contribution in [3.63, 3.8) is 0 Å². The first-order chi connectivity index (χ1) is 17.1. The van der Waals surface area contributed by atoms with Crippen LogP contribution < -0.4 is 5.32 Å². The smallest absolute Gasteiger partial charge is 0.223 e. The van der Waals surface area contributed by atoms with Crippen LogP contribution in [0.15, 0.2) is 46.6 Å². The van der Waals surface area contributed by atoms with Crippen LogP contribution in [-0.2, 0) is 4.79 Å². The lowest BCUT2D eigenvalue weighted by molar-refractivity contribution is -0.128. The Labute approximate surface area is 234 Å². The van der Waals surface area contributed by atoms with E-state index in [0.29, 0.717) is 18.3 Å². The second kappa shape index (κ2) is 14.3. The van der Waals surface area contributed by atoms with Crippen LogP contribution in [0.2, 0.25) is 0 Å². The monoisotopic (exact) mass is 550 g/mol. The van der Waals surface area contributed by atoms with Gasteiger partial charge >= 0.3 is 0 Å². The Morgan fingerprint density at radius 3 is 2.53 bits per heavy atom. The lowest BCUT2D eigenvalue weighted by Crippen LogP contribution is -2.54. The Hall–Kier alpha value is -1.44. The van der Waals surface area contributed by atoms with Gasteiger partial charge in [-0.05, 0) is 86.8 Å². The van der Waals surface area contributed by atoms with E-state index in [-0.39, 0.29) is 46.3 Å². The first kappa shape index (κ1) is 32.8. The molecule has 4 aliphatic rings. The maximum Gasteiger partial charge on any atom is 0.223 e. The van der Waals surface area contributed by atoms with E-state index in [1.165, 1.54) is 5.57 Å². The summed E-state index contributed by atoms with van der Waals surface area (Å²) in [6.45, 7) is 12.2. The summed E-state index contributed by atoms with van der Waals surface area (Å²) in [6, 6.07) is 0.138. The molecule has 1 heterocycles. The summed E-state index contributed by atoms with van der Waals surface area (Å²) in [5, 5.41) is 15.1. The van der Waals surface area contributed by atoms with Gasteiger partial charge in [-0.25, -0.2) is 0 Å². The summed E-state index contributed by atoms with van der Waals surface area (Å²) in [7, 11) is 0. The van der Waals surface area contributed by atoms with E-state index in [1.807, 2.05) is 0 Å². The van der Waals surface area contributed by atoms with E-state index < -0.39 is 0 Å². The van der Waals surface area contributed by atoms with Crippen molar-refractivity contribution >= 4 is 17.5 Å². The Morgan fingerprint density at radius 1 is 1.16 bits per heavy atom. The van der Waals surface area contributed by atoms with Gasteiger partial charge in [0, 0.05) is 36.0 Å². The molecule has 0 bridgehead atoms. The number of likely N-dealkylation sites (tertiary alicyclic amines) is 1. The fraction of sp³-hybridized carbons (Fsp3) is 0.710. The average molecular weight is 551 g/mol. The van der Waals surface area contributed by atoms with Gasteiger partial charge in [0.05, 0.1) is 6.10 Å². The molecule has 0 aromatic carbocycles. The lowest BCUT2D eigenvalue weighted by atomic mass is 9.68. The molecular weight excluding hydrogens is 500 g/mol. The molecule has 0 aromatic heterocycles. The fourth-order valence-electron chi connectivity index (χ4n) is 6.89. The number of aliphatic hydroxyl groups is 1. The number of amides is 1. The molecule has 7 heteroatoms. The summed E-state index contributed by atoms with van der Waals surface area (Å²) in [5.74, 6) is 1.21. The lowest BCUT2D eigenvalue weighted by Gasteiger charge is -2.47. The number of hydrogen-bond acceptors (Lipinski definition) is 3. The van der Waals surface area contributed by atoms with Crippen LogP contribution in [0, 0.1) is 29.1 Å². The van der Waals surface area contributed by atoms with Gasteiger partial charge in [-0.2, -0.15) is 0 Å². The first-order valence-electron chi connectivity index (χ1n) is 14.3. The predicted octanol–water partition coefficient (Wildman–Crippen LogP) is 4.72. The van der Waals surface area contributed by atoms with E-state index in [1.54, 1.807) is 5.57 Å². The highest BCUT2D eigenvalue weighted by Gasteiger charge is 2.39. The molecule has 0 aromatic rings. The van der Waals surface area contributed by atoms with Crippen LogP contribution >= 0.6 is 11.6 Å². The third-order valence-corrected chi connectivity index (χ3v) is 9.43. The fourth-order valence-corrected chi connectivity index (χ4v) is 7.05. The third kappa shape index (κ3) is 8.04. The molecule has 216 valence electrons. The van der Waals surface area contributed by atoms with E-state index in [9.17, 15) is 9.90 Å². The number of carbonyl (C=O) groups is 1. The largest absolute Gasteiger partial charge is 0.412 e. The van der Waals surface area contributed by atoms with Gasteiger partial charge < -0.3 is 26.3 Å². The zero-order valence-corrected chi connectivity index (χ0v) is 24.6. The number of carbonyl (C=O) groups excluding carboxylic acids is 1. The van der Waals surface area contributed by atoms with Crippen LogP contribution in [-0.4, -0.2) is 58.6 Å². The third-order valence-electron chi connectivity index (χ3n) is 9.11. The molecule has 1 saturated carbocycles. The number of rotatable bonds is 7. The number of allylic oxidation sites excluding steroid dienone is 7. The van der Waals surface area contributed by atoms with Crippen LogP contribution in [0.5, 0.6) is 0 Å². The number of nitrogens with one attached hydrogen (secondary N) is 1. The highest BCUT2D eigenvalue weighted by molar-refractivity contribution is 6.29. The van der Waals surface area contributed by atoms with E-state index in [0.717, 1.165) is 69.6 Å². The Morgan fingerprint density at radius 2 is 1.92 bits per heavy atom. The second-order valence-corrected chi connectivity index (χ2v) is 13.1. The van der Waals surface area contributed by atoms with Crippen molar-refractivity contribution in [3.05, 3.63) is 46.6 Å².